The number of nitrogens with zero attached hydrogens (tertiary/aromatic N) is 4. The van der Waals surface area contributed by atoms with Crippen LogP contribution >= 0.6 is 0 Å². The maximum absolute atomic E-state index is 13.1. The third kappa shape index (κ3) is 16.1. The lowest BCUT2D eigenvalue weighted by Crippen LogP contribution is -2.45. The zero-order valence-electron chi connectivity index (χ0n) is 35.6. The van der Waals surface area contributed by atoms with Gasteiger partial charge in [-0.25, -0.2) is 0 Å². The molecule has 2 heterocycles. The van der Waals surface area contributed by atoms with Crippen LogP contribution in [0.4, 0.5) is 0 Å². The summed E-state index contributed by atoms with van der Waals surface area (Å²) < 4.78 is 34.7. The minimum Gasteiger partial charge on any atom is -0.382 e. The molecule has 16 heteroatoms. The highest BCUT2D eigenvalue weighted by atomic mass is 28.3. The average molecular weight is 843 g/mol. The Bertz CT molecular complexity index is 1430. The Morgan fingerprint density at radius 3 is 0.966 bits per heavy atom. The van der Waals surface area contributed by atoms with E-state index in [2.05, 4.69) is 49.1 Å². The van der Waals surface area contributed by atoms with Gasteiger partial charge in [-0.3, -0.25) is 38.8 Å². The van der Waals surface area contributed by atoms with Crippen molar-refractivity contribution in [2.75, 3.05) is 131 Å². The van der Waals surface area contributed by atoms with Crippen LogP contribution in [0, 0.1) is 0 Å². The third-order valence-corrected chi connectivity index (χ3v) is 11.6. The largest absolute Gasteiger partial charge is 0.382 e. The van der Waals surface area contributed by atoms with Gasteiger partial charge in [0.15, 0.2) is 0 Å². The molecule has 0 fully saturated rings. The first-order valence-corrected chi connectivity index (χ1v) is 28.0. The number of benzene rings is 2. The number of hydrogen-bond donors (Lipinski definition) is 0. The van der Waals surface area contributed by atoms with E-state index < -0.39 is 16.1 Å². The van der Waals surface area contributed by atoms with E-state index in [0.29, 0.717) is 128 Å². The highest BCUT2D eigenvalue weighted by Crippen LogP contribution is 2.23. The lowest BCUT2D eigenvalue weighted by atomic mass is 10.1. The van der Waals surface area contributed by atoms with Gasteiger partial charge in [0, 0.05) is 64.8 Å². The van der Waals surface area contributed by atoms with Gasteiger partial charge < -0.3 is 28.4 Å². The molecule has 2 aliphatic heterocycles. The number of rotatable bonds is 31. The second kappa shape index (κ2) is 24.2. The fraction of sp³-hybridized carbons (Fsp3) is 0.619. The smallest absolute Gasteiger partial charge is 0.261 e. The molecule has 0 atom stereocenters. The third-order valence-electron chi connectivity index (χ3n) is 9.43. The molecule has 0 radical (unpaired) electrons. The Kier molecular flexibility index (Phi) is 19.8. The molecule has 2 aromatic rings. The molecule has 322 valence electrons. The van der Waals surface area contributed by atoms with Crippen LogP contribution in [-0.2, 0) is 28.4 Å². The second-order valence-corrected chi connectivity index (χ2v) is 27.8. The van der Waals surface area contributed by atoms with Crippen molar-refractivity contribution in [3.63, 3.8) is 0 Å². The van der Waals surface area contributed by atoms with Gasteiger partial charge in [-0.1, -0.05) is 63.5 Å². The van der Waals surface area contributed by atoms with Gasteiger partial charge in [0.1, 0.15) is 0 Å². The van der Waals surface area contributed by atoms with Crippen LogP contribution in [0.25, 0.3) is 0 Å². The monoisotopic (exact) mass is 842 g/mol. The Balaban J connectivity index is 1.30. The summed E-state index contributed by atoms with van der Waals surface area (Å²) in [5, 5.41) is 0. The van der Waals surface area contributed by atoms with Crippen molar-refractivity contribution in [2.45, 2.75) is 39.3 Å². The molecule has 2 aliphatic rings. The minimum absolute atomic E-state index is 0.230. The van der Waals surface area contributed by atoms with Gasteiger partial charge in [0.25, 0.3) is 23.6 Å². The Morgan fingerprint density at radius 2 is 0.672 bits per heavy atom. The normalized spacial score (nSPS) is 14.5. The van der Waals surface area contributed by atoms with Crippen molar-refractivity contribution in [1.82, 2.24) is 19.6 Å². The fourth-order valence-electron chi connectivity index (χ4n) is 6.34. The van der Waals surface area contributed by atoms with Crippen molar-refractivity contribution in [1.29, 1.82) is 0 Å². The number of fused-ring (bicyclic) bond motifs is 2. The van der Waals surface area contributed by atoms with Crippen LogP contribution in [0.3, 0.4) is 0 Å². The number of amides is 4. The highest BCUT2D eigenvalue weighted by Gasteiger charge is 2.36. The summed E-state index contributed by atoms with van der Waals surface area (Å²) >= 11 is 0. The lowest BCUT2D eigenvalue weighted by molar-refractivity contribution is 0.0123. The molecular formula is C42H66N4O10Si2. The van der Waals surface area contributed by atoms with Crippen LogP contribution in [0.5, 0.6) is 0 Å². The predicted octanol–water partition coefficient (Wildman–Crippen LogP) is 4.04. The van der Waals surface area contributed by atoms with E-state index in [1.54, 1.807) is 48.5 Å². The molecule has 0 saturated carbocycles. The van der Waals surface area contributed by atoms with Crippen LogP contribution < -0.4 is 0 Å². The molecule has 0 spiro atoms. The van der Waals surface area contributed by atoms with Gasteiger partial charge in [0.2, 0.25) is 0 Å². The first-order chi connectivity index (χ1) is 27.7. The molecule has 0 unspecified atom stereocenters. The summed E-state index contributed by atoms with van der Waals surface area (Å²) in [7, 11) is -2.50. The molecule has 2 aromatic carbocycles. The van der Waals surface area contributed by atoms with E-state index in [9.17, 15) is 19.2 Å². The first kappa shape index (κ1) is 47.5. The topological polar surface area (TPSA) is 137 Å². The Morgan fingerprint density at radius 1 is 0.397 bits per heavy atom. The van der Waals surface area contributed by atoms with E-state index in [1.165, 1.54) is 9.80 Å². The van der Waals surface area contributed by atoms with Crippen molar-refractivity contribution in [3.05, 3.63) is 70.8 Å². The lowest BCUT2D eigenvalue weighted by Gasteiger charge is -2.29. The molecule has 58 heavy (non-hydrogen) atoms. The summed E-state index contributed by atoms with van der Waals surface area (Å²) in [6.07, 6.45) is 1.61. The molecule has 4 amide bonds. The highest BCUT2D eigenvalue weighted by molar-refractivity contribution is 6.76. The van der Waals surface area contributed by atoms with E-state index in [-0.39, 0.29) is 36.7 Å². The van der Waals surface area contributed by atoms with Crippen molar-refractivity contribution in [3.8, 4) is 0 Å². The van der Waals surface area contributed by atoms with Crippen molar-refractivity contribution >= 4 is 39.8 Å². The molecule has 14 nitrogen and oxygen atoms in total. The maximum Gasteiger partial charge on any atom is 0.261 e. The molecule has 0 saturated heterocycles. The van der Waals surface area contributed by atoms with Crippen LogP contribution in [0.1, 0.15) is 41.4 Å². The summed E-state index contributed by atoms with van der Waals surface area (Å²) in [6.45, 7) is 22.0. The molecule has 0 bridgehead atoms. The van der Waals surface area contributed by atoms with Gasteiger partial charge in [-0.05, 0) is 24.3 Å². The predicted molar refractivity (Wildman–Crippen MR) is 228 cm³/mol. The van der Waals surface area contributed by atoms with Crippen LogP contribution in [0.2, 0.25) is 39.3 Å². The summed E-state index contributed by atoms with van der Waals surface area (Å²) in [6, 6.07) is 13.8. The quantitative estimate of drug-likeness (QED) is 0.0616. The summed E-state index contributed by atoms with van der Waals surface area (Å²) in [5.41, 5.74) is 1.70. The number of carbonyl (C=O) groups is 4. The fourth-order valence-corrected chi connectivity index (χ4v) is 7.86. The molecule has 0 aromatic heterocycles. The molecular weight excluding hydrogens is 777 g/mol. The zero-order chi connectivity index (χ0) is 42.0. The summed E-state index contributed by atoms with van der Waals surface area (Å²) in [5.74, 6) is -1.15. The zero-order valence-corrected chi connectivity index (χ0v) is 37.6. The standard InChI is InChI=1S/C42H66N4O10Si2/c1-57(2,3)33-55-31-29-53-27-25-51-23-21-43(17-19-45-39(47)35-11-7-8-12-36(35)40(45)48)15-16-44(22-24-52-26-28-54-30-32-56-34-58(4,5)6)18-20-46-41(49)37-13-9-10-14-38(37)42(46)50/h7-14H,15-34H2,1-6H3. The van der Waals surface area contributed by atoms with E-state index in [1.807, 2.05) is 0 Å². The Hall–Kier alpha value is -3.17. The number of hydrogen-bond acceptors (Lipinski definition) is 12. The van der Waals surface area contributed by atoms with Gasteiger partial charge in [0.05, 0.1) is 104 Å². The van der Waals surface area contributed by atoms with Gasteiger partial charge in [-0.2, -0.15) is 0 Å². The molecule has 0 N–H and O–H groups in total. The Labute approximate surface area is 347 Å². The molecule has 0 aliphatic carbocycles. The number of ether oxygens (including phenoxy) is 6. The number of imide groups is 2. The summed E-state index contributed by atoms with van der Waals surface area (Å²) in [4.78, 5) is 59.5. The maximum atomic E-state index is 13.1. The van der Waals surface area contributed by atoms with Crippen LogP contribution in [-0.4, -0.2) is 190 Å². The average Bonchev–Trinajstić information content (AvgIpc) is 3.57. The molecule has 4 rings (SSSR count). The van der Waals surface area contributed by atoms with Crippen molar-refractivity contribution < 1.29 is 47.6 Å². The van der Waals surface area contributed by atoms with Gasteiger partial charge >= 0.3 is 0 Å². The van der Waals surface area contributed by atoms with E-state index in [0.717, 1.165) is 12.5 Å². The first-order valence-electron chi connectivity index (χ1n) is 20.6. The minimum atomic E-state index is -1.25. The SMILES string of the molecule is C[Si](C)(C)COCCOCCOCCN(CCN(CCOCCOCCOC[Si](C)(C)C)CCN1C(=O)c2ccccc2C1=O)CCN1C(=O)c2ccccc2C1=O. The second-order valence-electron chi connectivity index (χ2n) is 17.0. The van der Waals surface area contributed by atoms with Gasteiger partial charge in [-0.15, -0.1) is 0 Å². The van der Waals surface area contributed by atoms with Crippen LogP contribution in [0.15, 0.2) is 48.5 Å². The van der Waals surface area contributed by atoms with Crippen molar-refractivity contribution in [2.24, 2.45) is 0 Å². The number of carbonyl (C=O) groups excluding carboxylic acids is 4. The van der Waals surface area contributed by atoms with E-state index in [4.69, 9.17) is 28.4 Å². The van der Waals surface area contributed by atoms with E-state index >= 15 is 0 Å².